The summed E-state index contributed by atoms with van der Waals surface area (Å²) in [5, 5.41) is 0. The van der Waals surface area contributed by atoms with Crippen LogP contribution in [0.3, 0.4) is 0 Å². The molecule has 0 bridgehead atoms. The first-order valence-electron chi connectivity index (χ1n) is 9.99. The van der Waals surface area contributed by atoms with Gasteiger partial charge in [0, 0.05) is 23.1 Å². The van der Waals surface area contributed by atoms with Crippen molar-refractivity contribution in [3.63, 3.8) is 0 Å². The van der Waals surface area contributed by atoms with Crippen LogP contribution in [0.5, 0.6) is 11.5 Å². The van der Waals surface area contributed by atoms with E-state index in [4.69, 9.17) is 14.5 Å². The van der Waals surface area contributed by atoms with Crippen LogP contribution in [0.1, 0.15) is 62.8 Å². The van der Waals surface area contributed by atoms with E-state index >= 15 is 0 Å². The minimum absolute atomic E-state index is 0. The lowest BCUT2D eigenvalue weighted by Gasteiger charge is -2.35. The number of nitrogens with zero attached hydrogens (tertiary/aromatic N) is 1. The fourth-order valence-electron chi connectivity index (χ4n) is 4.51. The van der Waals surface area contributed by atoms with Gasteiger partial charge in [-0.2, -0.15) is 0 Å². The topological polar surface area (TPSA) is 30.8 Å². The second-order valence-corrected chi connectivity index (χ2v) is 8.39. The number of ether oxygens (including phenoxy) is 2. The summed E-state index contributed by atoms with van der Waals surface area (Å²) in [5.74, 6) is 1.75. The summed E-state index contributed by atoms with van der Waals surface area (Å²) in [4.78, 5) is 5.36. The predicted molar refractivity (Wildman–Crippen MR) is 118 cm³/mol. The van der Waals surface area contributed by atoms with Crippen molar-refractivity contribution in [1.82, 2.24) is 0 Å². The molecule has 0 fully saturated rings. The highest BCUT2D eigenvalue weighted by Gasteiger charge is 2.41. The molecule has 0 radical (unpaired) electrons. The van der Waals surface area contributed by atoms with Crippen molar-refractivity contribution in [3.8, 4) is 11.5 Å². The minimum Gasteiger partial charge on any atom is -0.493 e. The van der Waals surface area contributed by atoms with E-state index in [1.54, 1.807) is 7.11 Å². The second-order valence-electron chi connectivity index (χ2n) is 8.39. The molecule has 0 aromatic heterocycles. The van der Waals surface area contributed by atoms with Crippen LogP contribution < -0.4 is 9.47 Å². The summed E-state index contributed by atoms with van der Waals surface area (Å²) in [5.41, 5.74) is 5.87. The van der Waals surface area contributed by atoms with E-state index in [0.717, 1.165) is 42.9 Å². The number of benzene rings is 2. The summed E-state index contributed by atoms with van der Waals surface area (Å²) in [6, 6.07) is 12.8. The number of methoxy groups -OCH3 is 1. The molecule has 2 aliphatic heterocycles. The molecular formula is C24H30ClNO2. The largest absolute Gasteiger partial charge is 0.493 e. The smallest absolute Gasteiger partial charge is 0.166 e. The molecule has 0 amide bonds. The number of halogens is 1. The van der Waals surface area contributed by atoms with E-state index < -0.39 is 0 Å². The lowest BCUT2D eigenvalue weighted by atomic mass is 9.77. The van der Waals surface area contributed by atoms with Gasteiger partial charge < -0.3 is 9.47 Å². The zero-order chi connectivity index (χ0) is 19.2. The molecule has 3 nitrogen and oxygen atoms in total. The Balaban J connectivity index is 0.00000225. The molecule has 0 aliphatic carbocycles. The molecule has 150 valence electrons. The number of aliphatic imine (C=N–C) groups is 1. The Hall–Kier alpha value is -2.00. The van der Waals surface area contributed by atoms with E-state index in [9.17, 15) is 0 Å². The highest BCUT2D eigenvalue weighted by molar-refractivity contribution is 6.16. The molecule has 0 saturated heterocycles. The molecule has 0 spiro atoms. The Labute approximate surface area is 174 Å². The Kier molecular flexibility index (Phi) is 5.51. The van der Waals surface area contributed by atoms with Crippen LogP contribution in [0, 0.1) is 0 Å². The quantitative estimate of drug-likeness (QED) is 0.652. The van der Waals surface area contributed by atoms with Crippen LogP contribution >= 0.6 is 12.4 Å². The first-order valence-corrected chi connectivity index (χ1v) is 9.99. The third-order valence-corrected chi connectivity index (χ3v) is 6.10. The summed E-state index contributed by atoms with van der Waals surface area (Å²) in [6.45, 7) is 8.78. The highest BCUT2D eigenvalue weighted by atomic mass is 35.5. The van der Waals surface area contributed by atoms with Gasteiger partial charge in [-0.05, 0) is 44.7 Å². The van der Waals surface area contributed by atoms with Gasteiger partial charge in [-0.1, -0.05) is 44.2 Å². The normalized spacial score (nSPS) is 18.2. The fourth-order valence-corrected chi connectivity index (χ4v) is 4.51. The number of fused-ring (bicyclic) bond motifs is 3. The van der Waals surface area contributed by atoms with Gasteiger partial charge in [-0.3, -0.25) is 4.99 Å². The first-order chi connectivity index (χ1) is 12.9. The van der Waals surface area contributed by atoms with Crippen molar-refractivity contribution in [2.45, 2.75) is 64.5 Å². The van der Waals surface area contributed by atoms with Gasteiger partial charge in [0.25, 0.3) is 0 Å². The molecule has 0 N–H and O–H groups in total. The summed E-state index contributed by atoms with van der Waals surface area (Å²) >= 11 is 0. The standard InChI is InChI=1S/C24H29NO2.ClH/c1-6-24(7-2)14-17-13-19(26-5)22-18(15-23(3,4)27-22)20(17)21(25-24)16-11-9-8-10-12-16;/h8-13H,6-7,14-15H2,1-5H3;1H. The van der Waals surface area contributed by atoms with Crippen LogP contribution in [-0.2, 0) is 12.8 Å². The Bertz CT molecular complexity index is 899. The Morgan fingerprint density at radius 3 is 2.36 bits per heavy atom. The summed E-state index contributed by atoms with van der Waals surface area (Å²) in [7, 11) is 1.73. The van der Waals surface area contributed by atoms with Crippen molar-refractivity contribution >= 4 is 18.1 Å². The van der Waals surface area contributed by atoms with Crippen LogP contribution in [-0.4, -0.2) is 24.0 Å². The second kappa shape index (κ2) is 7.44. The van der Waals surface area contributed by atoms with Crippen LogP contribution in [0.15, 0.2) is 41.4 Å². The molecule has 2 heterocycles. The lowest BCUT2D eigenvalue weighted by Crippen LogP contribution is -2.35. The third kappa shape index (κ3) is 3.30. The molecule has 4 heteroatoms. The van der Waals surface area contributed by atoms with Crippen molar-refractivity contribution in [2.24, 2.45) is 4.99 Å². The monoisotopic (exact) mass is 399 g/mol. The molecular weight excluding hydrogens is 370 g/mol. The molecule has 2 aromatic rings. The van der Waals surface area contributed by atoms with Gasteiger partial charge in [0.15, 0.2) is 11.5 Å². The van der Waals surface area contributed by atoms with Crippen molar-refractivity contribution in [1.29, 1.82) is 0 Å². The van der Waals surface area contributed by atoms with Gasteiger partial charge in [-0.15, -0.1) is 12.4 Å². The summed E-state index contributed by atoms with van der Waals surface area (Å²) < 4.78 is 12.0. The zero-order valence-electron chi connectivity index (χ0n) is 17.5. The van der Waals surface area contributed by atoms with Crippen LogP contribution in [0.2, 0.25) is 0 Å². The van der Waals surface area contributed by atoms with Gasteiger partial charge in [-0.25, -0.2) is 0 Å². The SMILES string of the molecule is CCC1(CC)Cc2cc(OC)c3c(c2C(c2ccccc2)=N1)CC(C)(C)O3.Cl. The lowest BCUT2D eigenvalue weighted by molar-refractivity contribution is 0.134. The highest BCUT2D eigenvalue weighted by Crippen LogP contribution is 2.48. The molecule has 28 heavy (non-hydrogen) atoms. The molecule has 0 unspecified atom stereocenters. The van der Waals surface area contributed by atoms with Crippen molar-refractivity contribution in [3.05, 3.63) is 58.7 Å². The van der Waals surface area contributed by atoms with Gasteiger partial charge in [0.05, 0.1) is 18.4 Å². The molecule has 0 atom stereocenters. The zero-order valence-corrected chi connectivity index (χ0v) is 18.3. The number of rotatable bonds is 4. The third-order valence-electron chi connectivity index (χ3n) is 6.10. The van der Waals surface area contributed by atoms with Crippen LogP contribution in [0.4, 0.5) is 0 Å². The molecule has 0 saturated carbocycles. The molecule has 2 aliphatic rings. The minimum atomic E-state index is -0.226. The molecule has 4 rings (SSSR count). The van der Waals surface area contributed by atoms with E-state index in [0.29, 0.717) is 0 Å². The van der Waals surface area contributed by atoms with E-state index in [1.165, 1.54) is 22.3 Å². The van der Waals surface area contributed by atoms with Crippen LogP contribution in [0.25, 0.3) is 0 Å². The maximum atomic E-state index is 6.29. The average Bonchev–Trinajstić information content (AvgIpc) is 3.01. The van der Waals surface area contributed by atoms with Gasteiger partial charge >= 0.3 is 0 Å². The Morgan fingerprint density at radius 1 is 1.07 bits per heavy atom. The van der Waals surface area contributed by atoms with E-state index in [-0.39, 0.29) is 23.5 Å². The van der Waals surface area contributed by atoms with Crippen molar-refractivity contribution in [2.75, 3.05) is 7.11 Å². The van der Waals surface area contributed by atoms with Gasteiger partial charge in [0.1, 0.15) is 5.60 Å². The fraction of sp³-hybridized carbons (Fsp3) is 0.458. The Morgan fingerprint density at radius 2 is 1.75 bits per heavy atom. The number of hydrogen-bond donors (Lipinski definition) is 0. The summed E-state index contributed by atoms with van der Waals surface area (Å²) in [6.07, 6.45) is 3.88. The average molecular weight is 400 g/mol. The first kappa shape index (κ1) is 20.7. The number of hydrogen-bond acceptors (Lipinski definition) is 3. The predicted octanol–water partition coefficient (Wildman–Crippen LogP) is 5.78. The van der Waals surface area contributed by atoms with Crippen molar-refractivity contribution < 1.29 is 9.47 Å². The van der Waals surface area contributed by atoms with Gasteiger partial charge in [0.2, 0.25) is 0 Å². The molecule has 2 aromatic carbocycles. The van der Waals surface area contributed by atoms with E-state index in [2.05, 4.69) is 64.1 Å². The maximum Gasteiger partial charge on any atom is 0.166 e. The maximum absolute atomic E-state index is 6.29. The van der Waals surface area contributed by atoms with E-state index in [1.807, 2.05) is 0 Å².